The second kappa shape index (κ2) is 7.21. The molecule has 1 aromatic heterocycles. The van der Waals surface area contributed by atoms with Crippen molar-refractivity contribution in [3.63, 3.8) is 0 Å². The summed E-state index contributed by atoms with van der Waals surface area (Å²) >= 11 is 1.41. The van der Waals surface area contributed by atoms with Gasteiger partial charge in [0.25, 0.3) is 0 Å². The van der Waals surface area contributed by atoms with Crippen LogP contribution in [0.4, 0.5) is 0 Å². The first-order valence-corrected chi connectivity index (χ1v) is 7.53. The minimum atomic E-state index is 0.372. The molecule has 110 valence electrons. The summed E-state index contributed by atoms with van der Waals surface area (Å²) in [5.74, 6) is 0.898. The van der Waals surface area contributed by atoms with Gasteiger partial charge in [-0.05, 0) is 25.5 Å². The number of nitrogens with zero attached hydrogens (tertiary/aromatic N) is 2. The van der Waals surface area contributed by atoms with Crippen LogP contribution in [0.3, 0.4) is 0 Å². The first kappa shape index (κ1) is 15.5. The zero-order valence-corrected chi connectivity index (χ0v) is 13.3. The highest BCUT2D eigenvalue weighted by Gasteiger charge is 2.10. The molecule has 0 radical (unpaired) electrons. The van der Waals surface area contributed by atoms with Gasteiger partial charge in [-0.15, -0.1) is 11.3 Å². The van der Waals surface area contributed by atoms with Gasteiger partial charge in [-0.2, -0.15) is 5.26 Å². The molecular formula is C16H18N2O2S. The van der Waals surface area contributed by atoms with Gasteiger partial charge in [0.05, 0.1) is 23.9 Å². The van der Waals surface area contributed by atoms with Crippen molar-refractivity contribution in [2.24, 2.45) is 0 Å². The Morgan fingerprint density at radius 1 is 1.33 bits per heavy atom. The molecule has 1 heterocycles. The summed E-state index contributed by atoms with van der Waals surface area (Å²) in [5, 5.41) is 9.96. The van der Waals surface area contributed by atoms with Crippen LogP contribution in [-0.4, -0.2) is 18.7 Å². The topological polar surface area (TPSA) is 55.1 Å². The fourth-order valence-electron chi connectivity index (χ4n) is 2.04. The standard InChI is InChI=1S/C16H18N2O2S/c1-11-4-5-14(12(2)8-11)20-7-6-16-18-13(10-19-3)15(9-17)21-16/h4-5,8H,6-7,10H2,1-3H3. The summed E-state index contributed by atoms with van der Waals surface area (Å²) < 4.78 is 10.8. The smallest absolute Gasteiger partial charge is 0.130 e. The molecule has 0 spiro atoms. The molecule has 0 bridgehead atoms. The van der Waals surface area contributed by atoms with E-state index in [4.69, 9.17) is 14.7 Å². The Morgan fingerprint density at radius 2 is 2.14 bits per heavy atom. The monoisotopic (exact) mass is 302 g/mol. The van der Waals surface area contributed by atoms with Gasteiger partial charge >= 0.3 is 0 Å². The molecule has 0 N–H and O–H groups in total. The van der Waals surface area contributed by atoms with Gasteiger partial charge in [0.1, 0.15) is 16.7 Å². The van der Waals surface area contributed by atoms with Gasteiger partial charge in [-0.3, -0.25) is 0 Å². The lowest BCUT2D eigenvalue weighted by atomic mass is 10.1. The van der Waals surface area contributed by atoms with E-state index in [1.54, 1.807) is 7.11 Å². The summed E-state index contributed by atoms with van der Waals surface area (Å²) in [4.78, 5) is 5.05. The number of hydrogen-bond acceptors (Lipinski definition) is 5. The summed E-state index contributed by atoms with van der Waals surface area (Å²) in [6.45, 7) is 5.02. The lowest BCUT2D eigenvalue weighted by Gasteiger charge is -2.08. The number of rotatable bonds is 6. The summed E-state index contributed by atoms with van der Waals surface area (Å²) in [6.07, 6.45) is 0.691. The van der Waals surface area contributed by atoms with Crippen LogP contribution in [0.5, 0.6) is 5.75 Å². The van der Waals surface area contributed by atoms with E-state index in [2.05, 4.69) is 24.0 Å². The van der Waals surface area contributed by atoms with Crippen molar-refractivity contribution in [2.45, 2.75) is 26.9 Å². The minimum Gasteiger partial charge on any atom is -0.493 e. The van der Waals surface area contributed by atoms with Gasteiger partial charge in [0.2, 0.25) is 0 Å². The third-order valence-electron chi connectivity index (χ3n) is 3.03. The molecule has 5 heteroatoms. The van der Waals surface area contributed by atoms with Crippen molar-refractivity contribution >= 4 is 11.3 Å². The average Bonchev–Trinajstić information content (AvgIpc) is 2.84. The molecule has 2 rings (SSSR count). The van der Waals surface area contributed by atoms with E-state index < -0.39 is 0 Å². The van der Waals surface area contributed by atoms with Crippen LogP contribution in [0.15, 0.2) is 18.2 Å². The van der Waals surface area contributed by atoms with Crippen molar-refractivity contribution in [2.75, 3.05) is 13.7 Å². The molecule has 1 aromatic carbocycles. The van der Waals surface area contributed by atoms with Crippen LogP contribution in [-0.2, 0) is 17.8 Å². The molecule has 0 aliphatic carbocycles. The Hall–Kier alpha value is -1.90. The Morgan fingerprint density at radius 3 is 2.81 bits per heavy atom. The summed E-state index contributed by atoms with van der Waals surface area (Å²) in [7, 11) is 1.60. The number of ether oxygens (including phenoxy) is 2. The van der Waals surface area contributed by atoms with Crippen LogP contribution in [0.25, 0.3) is 0 Å². The van der Waals surface area contributed by atoms with Crippen molar-refractivity contribution in [1.82, 2.24) is 4.98 Å². The minimum absolute atomic E-state index is 0.372. The van der Waals surface area contributed by atoms with Crippen LogP contribution >= 0.6 is 11.3 Å². The maximum Gasteiger partial charge on any atom is 0.130 e. The van der Waals surface area contributed by atoms with E-state index in [1.165, 1.54) is 16.9 Å². The number of methoxy groups -OCH3 is 1. The molecule has 4 nitrogen and oxygen atoms in total. The van der Waals surface area contributed by atoms with Crippen molar-refractivity contribution < 1.29 is 9.47 Å². The van der Waals surface area contributed by atoms with Crippen molar-refractivity contribution in [1.29, 1.82) is 5.26 Å². The Kier molecular flexibility index (Phi) is 5.32. The molecule has 0 atom stereocenters. The number of aromatic nitrogens is 1. The first-order valence-electron chi connectivity index (χ1n) is 6.71. The SMILES string of the molecule is COCc1nc(CCOc2ccc(C)cc2C)sc1C#N. The van der Waals surface area contributed by atoms with Crippen LogP contribution in [0.2, 0.25) is 0 Å². The Bertz CT molecular complexity index is 659. The Labute approximate surface area is 129 Å². The lowest BCUT2D eigenvalue weighted by Crippen LogP contribution is -2.02. The normalized spacial score (nSPS) is 10.4. The van der Waals surface area contributed by atoms with E-state index in [9.17, 15) is 0 Å². The highest BCUT2D eigenvalue weighted by molar-refractivity contribution is 7.12. The second-order valence-corrected chi connectivity index (χ2v) is 5.88. The van der Waals surface area contributed by atoms with E-state index >= 15 is 0 Å². The molecule has 0 amide bonds. The van der Waals surface area contributed by atoms with Crippen LogP contribution in [0, 0.1) is 25.2 Å². The fourth-order valence-corrected chi connectivity index (χ4v) is 2.88. The van der Waals surface area contributed by atoms with Crippen LogP contribution < -0.4 is 4.74 Å². The molecular weight excluding hydrogens is 284 g/mol. The Balaban J connectivity index is 1.96. The zero-order valence-electron chi connectivity index (χ0n) is 12.5. The number of nitriles is 1. The molecule has 2 aromatic rings. The first-order chi connectivity index (χ1) is 10.1. The quantitative estimate of drug-likeness (QED) is 0.820. The van der Waals surface area contributed by atoms with Gasteiger partial charge in [0.15, 0.2) is 0 Å². The van der Waals surface area contributed by atoms with Gasteiger partial charge in [0, 0.05) is 13.5 Å². The van der Waals surface area contributed by atoms with E-state index in [0.717, 1.165) is 16.3 Å². The molecule has 0 saturated heterocycles. The molecule has 0 unspecified atom stereocenters. The summed E-state index contributed by atoms with van der Waals surface area (Å²) in [5.41, 5.74) is 3.07. The fraction of sp³-hybridized carbons (Fsp3) is 0.375. The lowest BCUT2D eigenvalue weighted by molar-refractivity contribution is 0.181. The molecule has 0 aliphatic heterocycles. The van der Waals surface area contributed by atoms with Crippen LogP contribution in [0.1, 0.15) is 26.7 Å². The molecule has 0 saturated carbocycles. The number of benzene rings is 1. The highest BCUT2D eigenvalue weighted by Crippen LogP contribution is 2.21. The number of aryl methyl sites for hydroxylation is 2. The van der Waals surface area contributed by atoms with Crippen molar-refractivity contribution in [3.8, 4) is 11.8 Å². The molecule has 0 fully saturated rings. The number of thiazole rings is 1. The second-order valence-electron chi connectivity index (χ2n) is 4.80. The van der Waals surface area contributed by atoms with Gasteiger partial charge in [-0.25, -0.2) is 4.98 Å². The van der Waals surface area contributed by atoms with Crippen molar-refractivity contribution in [3.05, 3.63) is 44.9 Å². The van der Waals surface area contributed by atoms with E-state index in [1.807, 2.05) is 19.1 Å². The zero-order chi connectivity index (χ0) is 15.2. The third kappa shape index (κ3) is 4.03. The van der Waals surface area contributed by atoms with Gasteiger partial charge < -0.3 is 9.47 Å². The largest absolute Gasteiger partial charge is 0.493 e. The molecule has 21 heavy (non-hydrogen) atoms. The van der Waals surface area contributed by atoms with Gasteiger partial charge in [-0.1, -0.05) is 17.7 Å². The third-order valence-corrected chi connectivity index (χ3v) is 4.09. The van der Waals surface area contributed by atoms with E-state index in [-0.39, 0.29) is 0 Å². The maximum atomic E-state index is 9.06. The number of hydrogen-bond donors (Lipinski definition) is 0. The maximum absolute atomic E-state index is 9.06. The predicted octanol–water partition coefficient (Wildman–Crippen LogP) is 3.40. The predicted molar refractivity (Wildman–Crippen MR) is 82.7 cm³/mol. The molecule has 0 aliphatic rings. The highest BCUT2D eigenvalue weighted by atomic mass is 32.1. The summed E-state index contributed by atoms with van der Waals surface area (Å²) in [6, 6.07) is 8.29. The van der Waals surface area contributed by atoms with E-state index in [0.29, 0.717) is 30.2 Å². The average molecular weight is 302 g/mol.